The predicted octanol–water partition coefficient (Wildman–Crippen LogP) is 18.0. The first-order valence-corrected chi connectivity index (χ1v) is 31.1. The molecule has 8 heteroatoms. The van der Waals surface area contributed by atoms with E-state index in [0.717, 1.165) is 106 Å². The van der Waals surface area contributed by atoms with E-state index in [1.165, 1.54) is 75.5 Å². The van der Waals surface area contributed by atoms with Crippen molar-refractivity contribution in [2.45, 2.75) is 9.79 Å². The summed E-state index contributed by atoms with van der Waals surface area (Å²) >= 11 is 1.90. The summed E-state index contributed by atoms with van der Waals surface area (Å²) in [5.74, 6) is 0. The van der Waals surface area contributed by atoms with Crippen molar-refractivity contribution in [2.75, 3.05) is 14.7 Å². The zero-order chi connectivity index (χ0) is 57.3. The van der Waals surface area contributed by atoms with Crippen molar-refractivity contribution in [3.8, 4) is 22.3 Å². The monoisotopic (exact) mass is 1140 g/mol. The van der Waals surface area contributed by atoms with Gasteiger partial charge in [0.2, 0.25) is 6.71 Å². The van der Waals surface area contributed by atoms with E-state index >= 15 is 0 Å². The first-order chi connectivity index (χ1) is 43.6. The second-order valence-corrected chi connectivity index (χ2v) is 25.0. The largest absolute Gasteiger partial charge is 0.456 e. The number of hydrogen-bond donors (Lipinski definition) is 0. The summed E-state index contributed by atoms with van der Waals surface area (Å²) in [5.41, 5.74) is 26.2. The molecule has 0 bridgehead atoms. The summed E-state index contributed by atoms with van der Waals surface area (Å²) in [6, 6.07) is 106. The fraction of sp³-hybridized carbons (Fsp3) is 0. The Hall–Kier alpha value is -10.9. The molecular weight excluding hydrogens is 1090 g/mol. The summed E-state index contributed by atoms with van der Waals surface area (Å²) in [6.45, 7) is -0.164. The maximum atomic E-state index is 6.63. The number of furan rings is 2. The molecule has 5 nitrogen and oxygen atoms in total. The van der Waals surface area contributed by atoms with Crippen LogP contribution in [0.15, 0.2) is 304 Å². The van der Waals surface area contributed by atoms with E-state index in [0.29, 0.717) is 0 Å². The molecule has 0 saturated carbocycles. The van der Waals surface area contributed by atoms with Crippen LogP contribution >= 0.6 is 11.8 Å². The molecule has 6 heterocycles. The number of benzene rings is 14. The van der Waals surface area contributed by atoms with Gasteiger partial charge in [-0.05, 0) is 199 Å². The molecule has 0 spiro atoms. The molecule has 0 fully saturated rings. The molecule has 2 aromatic heterocycles. The predicted molar refractivity (Wildman–Crippen MR) is 371 cm³/mol. The van der Waals surface area contributed by atoms with Gasteiger partial charge in [0, 0.05) is 82.5 Å². The van der Waals surface area contributed by atoms with Crippen molar-refractivity contribution in [1.82, 2.24) is 0 Å². The topological polar surface area (TPSA) is 36.0 Å². The number of hydrogen-bond acceptors (Lipinski definition) is 6. The Morgan fingerprint density at radius 3 is 1.22 bits per heavy atom. The molecule has 0 aliphatic carbocycles. The van der Waals surface area contributed by atoms with E-state index in [4.69, 9.17) is 8.83 Å². The van der Waals surface area contributed by atoms with E-state index < -0.39 is 0 Å². The van der Waals surface area contributed by atoms with Crippen molar-refractivity contribution < 1.29 is 8.83 Å². The molecule has 20 rings (SSSR count). The smallest absolute Gasteiger partial charge is 0.252 e. The summed E-state index contributed by atoms with van der Waals surface area (Å²) in [7, 11) is 0. The molecule has 0 amide bonds. The molecule has 0 atom stereocenters. The molecule has 0 unspecified atom stereocenters. The average Bonchev–Trinajstić information content (AvgIpc) is 0.905. The molecule has 88 heavy (non-hydrogen) atoms. The molecule has 406 valence electrons. The molecule has 4 aliphatic heterocycles. The molecule has 14 aromatic carbocycles. The van der Waals surface area contributed by atoms with Crippen molar-refractivity contribution in [3.63, 3.8) is 0 Å². The van der Waals surface area contributed by atoms with Gasteiger partial charge in [-0.15, -0.1) is 0 Å². The Kier molecular flexibility index (Phi) is 10.1. The molecular formula is C80H47B2N3O2S. The molecule has 16 aromatic rings. The summed E-state index contributed by atoms with van der Waals surface area (Å²) in [4.78, 5) is 10.2. The van der Waals surface area contributed by atoms with Crippen molar-refractivity contribution in [2.24, 2.45) is 0 Å². The Balaban J connectivity index is 0.852. The lowest BCUT2D eigenvalue weighted by molar-refractivity contribution is 0.669. The third-order valence-electron chi connectivity index (χ3n) is 19.2. The van der Waals surface area contributed by atoms with Crippen LogP contribution in [-0.2, 0) is 0 Å². The Labute approximate surface area is 512 Å². The standard InChI is InChI=1S/C80H47B2N3O2S/c1-4-22-56(23-5-1)83-67-30-16-14-28-63(67)81-65-46-66-69(47-68(65)84(57-24-6-2-7-25-57)71-41-54(40-70(83)79(71)81)52-32-34-73-59(38-52)61-36-48-18-10-12-20-50(48)43-75(61)86-73)85(58-26-8-3-9-27-58)72-42-55(45-78-80(72)82(66)64-29-15-17-31-77(64)88-78)53-33-35-74-60(39-53)62-37-49-19-11-13-21-51(49)44-76(62)87-74/h1-47H. The molecule has 0 saturated heterocycles. The van der Waals surface area contributed by atoms with Crippen molar-refractivity contribution in [1.29, 1.82) is 0 Å². The second kappa shape index (κ2) is 18.3. The van der Waals surface area contributed by atoms with Gasteiger partial charge in [0.15, 0.2) is 0 Å². The molecule has 0 radical (unpaired) electrons. The average molecular weight is 1140 g/mol. The highest BCUT2D eigenvalue weighted by Gasteiger charge is 2.47. The number of fused-ring (bicyclic) bond motifs is 16. The van der Waals surface area contributed by atoms with Crippen LogP contribution in [0.5, 0.6) is 0 Å². The minimum atomic E-state index is -0.113. The van der Waals surface area contributed by atoms with Crippen LogP contribution < -0.4 is 47.5 Å². The lowest BCUT2D eigenvalue weighted by Gasteiger charge is -2.46. The Morgan fingerprint density at radius 2 is 0.670 bits per heavy atom. The van der Waals surface area contributed by atoms with Gasteiger partial charge >= 0.3 is 0 Å². The van der Waals surface area contributed by atoms with Gasteiger partial charge in [0.25, 0.3) is 6.71 Å². The van der Waals surface area contributed by atoms with Gasteiger partial charge in [-0.25, -0.2) is 0 Å². The fourth-order valence-electron chi connectivity index (χ4n) is 15.3. The highest BCUT2D eigenvalue weighted by atomic mass is 32.2. The number of rotatable bonds is 5. The number of para-hydroxylation sites is 4. The van der Waals surface area contributed by atoms with Crippen LogP contribution in [0.25, 0.3) is 87.7 Å². The van der Waals surface area contributed by atoms with Gasteiger partial charge in [0.1, 0.15) is 22.3 Å². The SMILES string of the molecule is c1ccc(N2c3cc4c(cc3B3c5ccccc5Sc5cc(-c6ccc7oc8cc9ccccc9cc8c7c6)cc2c53)B2c3ccccc3N(c3ccccc3)c3cc(-c5ccc6oc7cc8ccccc8cc7c6c5)cc(c32)N4c2ccccc2)cc1. The van der Waals surface area contributed by atoms with Crippen LogP contribution in [0.1, 0.15) is 0 Å². The van der Waals surface area contributed by atoms with E-state index in [1.807, 2.05) is 11.8 Å². The second-order valence-electron chi connectivity index (χ2n) is 23.9. The van der Waals surface area contributed by atoms with Crippen molar-refractivity contribution >= 4 is 175 Å². The van der Waals surface area contributed by atoms with E-state index in [2.05, 4.69) is 300 Å². The number of anilines is 9. The van der Waals surface area contributed by atoms with Crippen LogP contribution in [0, 0.1) is 0 Å². The van der Waals surface area contributed by atoms with Gasteiger partial charge < -0.3 is 23.5 Å². The van der Waals surface area contributed by atoms with E-state index in [9.17, 15) is 0 Å². The zero-order valence-corrected chi connectivity index (χ0v) is 48.2. The molecule has 0 N–H and O–H groups in total. The fourth-order valence-corrected chi connectivity index (χ4v) is 16.5. The summed E-state index contributed by atoms with van der Waals surface area (Å²) in [6.07, 6.45) is 0. The Morgan fingerprint density at radius 1 is 0.250 bits per heavy atom. The normalized spacial score (nSPS) is 13.5. The van der Waals surface area contributed by atoms with Gasteiger partial charge in [0.05, 0.1) is 0 Å². The summed E-state index contributed by atoms with van der Waals surface area (Å²) < 4.78 is 13.2. The highest BCUT2D eigenvalue weighted by molar-refractivity contribution is 8.00. The number of nitrogens with zero attached hydrogens (tertiary/aromatic N) is 3. The van der Waals surface area contributed by atoms with E-state index in [1.54, 1.807) is 0 Å². The zero-order valence-electron chi connectivity index (χ0n) is 47.4. The van der Waals surface area contributed by atoms with Crippen LogP contribution in [0.3, 0.4) is 0 Å². The van der Waals surface area contributed by atoms with Crippen LogP contribution in [0.2, 0.25) is 0 Å². The third-order valence-corrected chi connectivity index (χ3v) is 20.3. The Bertz CT molecular complexity index is 5670. The first kappa shape index (κ1) is 48.3. The van der Waals surface area contributed by atoms with Crippen molar-refractivity contribution in [3.05, 3.63) is 285 Å². The van der Waals surface area contributed by atoms with Crippen LogP contribution in [-0.4, -0.2) is 13.4 Å². The first-order valence-electron chi connectivity index (χ1n) is 30.3. The highest BCUT2D eigenvalue weighted by Crippen LogP contribution is 2.50. The minimum Gasteiger partial charge on any atom is -0.456 e. The minimum absolute atomic E-state index is 0.0506. The lowest BCUT2D eigenvalue weighted by Crippen LogP contribution is -2.64. The maximum absolute atomic E-state index is 6.63. The lowest BCUT2D eigenvalue weighted by atomic mass is 9.30. The van der Waals surface area contributed by atoms with Gasteiger partial charge in [-0.3, -0.25) is 0 Å². The third kappa shape index (κ3) is 6.97. The summed E-state index contributed by atoms with van der Waals surface area (Å²) in [5, 5.41) is 9.20. The molecule has 4 aliphatic rings. The van der Waals surface area contributed by atoms with Gasteiger partial charge in [-0.2, -0.15) is 0 Å². The van der Waals surface area contributed by atoms with E-state index in [-0.39, 0.29) is 13.4 Å². The van der Waals surface area contributed by atoms with Crippen LogP contribution in [0.4, 0.5) is 51.2 Å². The van der Waals surface area contributed by atoms with Gasteiger partial charge in [-0.1, -0.05) is 175 Å². The quantitative estimate of drug-likeness (QED) is 0.160. The maximum Gasteiger partial charge on any atom is 0.252 e.